The van der Waals surface area contributed by atoms with Crippen LogP contribution in [0.25, 0.3) is 10.2 Å². The molecule has 2 heterocycles. The first-order chi connectivity index (χ1) is 10.1. The van der Waals surface area contributed by atoms with E-state index < -0.39 is 0 Å². The molecule has 1 N–H and O–H groups in total. The fraction of sp³-hybridized carbons (Fsp3) is 0.188. The Balaban J connectivity index is 2.13. The van der Waals surface area contributed by atoms with Crippen molar-refractivity contribution in [3.8, 4) is 6.07 Å². The zero-order valence-corrected chi connectivity index (χ0v) is 12.9. The van der Waals surface area contributed by atoms with Gasteiger partial charge >= 0.3 is 0 Å². The van der Waals surface area contributed by atoms with E-state index in [0.717, 1.165) is 27.5 Å². The summed E-state index contributed by atoms with van der Waals surface area (Å²) in [6.45, 7) is 6.07. The van der Waals surface area contributed by atoms with Crippen LogP contribution in [0, 0.1) is 32.1 Å². The van der Waals surface area contributed by atoms with E-state index in [1.807, 2.05) is 25.1 Å². The molecule has 3 aromatic rings. The molecular formula is C16H14N4S. The summed E-state index contributed by atoms with van der Waals surface area (Å²) >= 11 is 1.68. The first-order valence-corrected chi connectivity index (χ1v) is 7.41. The van der Waals surface area contributed by atoms with Crippen molar-refractivity contribution < 1.29 is 0 Å². The highest BCUT2D eigenvalue weighted by Crippen LogP contribution is 2.34. The van der Waals surface area contributed by atoms with Crippen LogP contribution in [0.5, 0.6) is 0 Å². The molecule has 0 radical (unpaired) electrons. The quantitative estimate of drug-likeness (QED) is 0.768. The van der Waals surface area contributed by atoms with Crippen LogP contribution in [0.3, 0.4) is 0 Å². The van der Waals surface area contributed by atoms with E-state index >= 15 is 0 Å². The van der Waals surface area contributed by atoms with Crippen LogP contribution in [-0.4, -0.2) is 9.97 Å². The average molecular weight is 294 g/mol. The third-order valence-corrected chi connectivity index (χ3v) is 4.50. The Kier molecular flexibility index (Phi) is 3.32. The monoisotopic (exact) mass is 294 g/mol. The molecule has 0 aliphatic heterocycles. The van der Waals surface area contributed by atoms with Gasteiger partial charge in [0.25, 0.3) is 0 Å². The van der Waals surface area contributed by atoms with Gasteiger partial charge in [0.1, 0.15) is 16.5 Å². The van der Waals surface area contributed by atoms with Crippen LogP contribution >= 0.6 is 11.3 Å². The molecule has 0 unspecified atom stereocenters. The maximum Gasteiger partial charge on any atom is 0.143 e. The SMILES string of the molecule is Cc1nc(Nc2cccc(C#N)c2)c2c(C)c(C)sc2n1. The van der Waals surface area contributed by atoms with Crippen LogP contribution < -0.4 is 5.32 Å². The predicted molar refractivity (Wildman–Crippen MR) is 86.1 cm³/mol. The maximum absolute atomic E-state index is 8.99. The summed E-state index contributed by atoms with van der Waals surface area (Å²) in [4.78, 5) is 11.3. The van der Waals surface area contributed by atoms with Crippen molar-refractivity contribution in [2.24, 2.45) is 0 Å². The molecule has 0 saturated carbocycles. The largest absolute Gasteiger partial charge is 0.340 e. The summed E-state index contributed by atoms with van der Waals surface area (Å²) in [6, 6.07) is 9.54. The number of nitrogens with one attached hydrogen (secondary N) is 1. The zero-order valence-electron chi connectivity index (χ0n) is 12.1. The van der Waals surface area contributed by atoms with Crippen molar-refractivity contribution in [2.45, 2.75) is 20.8 Å². The van der Waals surface area contributed by atoms with Crippen LogP contribution in [0.15, 0.2) is 24.3 Å². The predicted octanol–water partition coefficient (Wildman–Crippen LogP) is 4.23. The molecule has 0 atom stereocenters. The number of rotatable bonds is 2. The molecule has 0 amide bonds. The minimum Gasteiger partial charge on any atom is -0.340 e. The first kappa shape index (κ1) is 13.5. The van der Waals surface area contributed by atoms with Gasteiger partial charge in [-0.15, -0.1) is 11.3 Å². The molecule has 5 heteroatoms. The highest BCUT2D eigenvalue weighted by molar-refractivity contribution is 7.18. The van der Waals surface area contributed by atoms with Gasteiger partial charge in [-0.2, -0.15) is 5.26 Å². The number of hydrogen-bond donors (Lipinski definition) is 1. The molecule has 0 aliphatic carbocycles. The van der Waals surface area contributed by atoms with E-state index in [1.165, 1.54) is 10.4 Å². The van der Waals surface area contributed by atoms with Crippen molar-refractivity contribution in [1.82, 2.24) is 9.97 Å². The van der Waals surface area contributed by atoms with Gasteiger partial charge in [-0.05, 0) is 44.5 Å². The fourth-order valence-electron chi connectivity index (χ4n) is 2.25. The Labute approximate surface area is 127 Å². The van der Waals surface area contributed by atoms with E-state index in [9.17, 15) is 0 Å². The molecule has 2 aromatic heterocycles. The van der Waals surface area contributed by atoms with Crippen LogP contribution in [0.2, 0.25) is 0 Å². The van der Waals surface area contributed by atoms with Crippen molar-refractivity contribution in [2.75, 3.05) is 5.32 Å². The third kappa shape index (κ3) is 2.46. The Morgan fingerprint density at radius 2 is 2.00 bits per heavy atom. The number of anilines is 2. The summed E-state index contributed by atoms with van der Waals surface area (Å²) in [5.41, 5.74) is 2.69. The molecule has 0 aliphatic rings. The minimum absolute atomic E-state index is 0.625. The van der Waals surface area contributed by atoms with Crippen molar-refractivity contribution in [3.05, 3.63) is 46.1 Å². The molecule has 0 fully saturated rings. The van der Waals surface area contributed by atoms with Gasteiger partial charge in [0.15, 0.2) is 0 Å². The van der Waals surface area contributed by atoms with Crippen molar-refractivity contribution >= 4 is 33.1 Å². The van der Waals surface area contributed by atoms with E-state index in [4.69, 9.17) is 5.26 Å². The van der Waals surface area contributed by atoms with Gasteiger partial charge in [-0.25, -0.2) is 9.97 Å². The highest BCUT2D eigenvalue weighted by Gasteiger charge is 2.13. The Hall–Kier alpha value is -2.45. The molecule has 0 saturated heterocycles. The highest BCUT2D eigenvalue weighted by atomic mass is 32.1. The van der Waals surface area contributed by atoms with Gasteiger partial charge in [0.05, 0.1) is 17.0 Å². The number of thiophene rings is 1. The normalized spacial score (nSPS) is 10.6. The molecule has 21 heavy (non-hydrogen) atoms. The standard InChI is InChI=1S/C16H14N4S/c1-9-10(2)21-16-14(9)15(18-11(3)19-16)20-13-6-4-5-12(7-13)8-17/h4-7H,1-3H3,(H,18,19,20). The second-order valence-corrected chi connectivity index (χ2v) is 6.10. The van der Waals surface area contributed by atoms with E-state index in [1.54, 1.807) is 17.4 Å². The van der Waals surface area contributed by atoms with Gasteiger partial charge in [0.2, 0.25) is 0 Å². The Morgan fingerprint density at radius 3 is 2.76 bits per heavy atom. The second kappa shape index (κ2) is 5.15. The first-order valence-electron chi connectivity index (χ1n) is 6.60. The van der Waals surface area contributed by atoms with E-state index in [2.05, 4.69) is 35.2 Å². The van der Waals surface area contributed by atoms with Gasteiger partial charge in [-0.1, -0.05) is 6.07 Å². The fourth-order valence-corrected chi connectivity index (χ4v) is 3.32. The smallest absolute Gasteiger partial charge is 0.143 e. The van der Waals surface area contributed by atoms with Crippen LogP contribution in [0.1, 0.15) is 21.8 Å². The van der Waals surface area contributed by atoms with Gasteiger partial charge in [0, 0.05) is 10.6 Å². The summed E-state index contributed by atoms with van der Waals surface area (Å²) in [5.74, 6) is 1.54. The summed E-state index contributed by atoms with van der Waals surface area (Å²) in [6.07, 6.45) is 0. The third-order valence-electron chi connectivity index (χ3n) is 3.39. The summed E-state index contributed by atoms with van der Waals surface area (Å²) < 4.78 is 0. The number of benzene rings is 1. The number of nitriles is 1. The summed E-state index contributed by atoms with van der Waals surface area (Å²) in [7, 11) is 0. The number of fused-ring (bicyclic) bond motifs is 1. The molecular weight excluding hydrogens is 280 g/mol. The topological polar surface area (TPSA) is 61.6 Å². The van der Waals surface area contributed by atoms with Crippen LogP contribution in [0.4, 0.5) is 11.5 Å². The lowest BCUT2D eigenvalue weighted by Crippen LogP contribution is -1.98. The number of aromatic nitrogens is 2. The molecule has 1 aromatic carbocycles. The van der Waals surface area contributed by atoms with Gasteiger partial charge in [-0.3, -0.25) is 0 Å². The lowest BCUT2D eigenvalue weighted by atomic mass is 10.2. The lowest BCUT2D eigenvalue weighted by Gasteiger charge is -2.08. The number of aryl methyl sites for hydroxylation is 3. The average Bonchev–Trinajstić information content (AvgIpc) is 2.74. The molecule has 3 rings (SSSR count). The van der Waals surface area contributed by atoms with E-state index in [-0.39, 0.29) is 0 Å². The van der Waals surface area contributed by atoms with Crippen molar-refractivity contribution in [3.63, 3.8) is 0 Å². The number of hydrogen-bond acceptors (Lipinski definition) is 5. The second-order valence-electron chi connectivity index (χ2n) is 4.90. The van der Waals surface area contributed by atoms with Gasteiger partial charge < -0.3 is 5.32 Å². The van der Waals surface area contributed by atoms with Crippen molar-refractivity contribution in [1.29, 1.82) is 5.26 Å². The van der Waals surface area contributed by atoms with E-state index in [0.29, 0.717) is 5.56 Å². The zero-order chi connectivity index (χ0) is 15.0. The minimum atomic E-state index is 0.625. The molecule has 104 valence electrons. The molecule has 4 nitrogen and oxygen atoms in total. The maximum atomic E-state index is 8.99. The molecule has 0 bridgehead atoms. The number of nitrogens with zero attached hydrogens (tertiary/aromatic N) is 3. The Bertz CT molecular complexity index is 874. The lowest BCUT2D eigenvalue weighted by molar-refractivity contribution is 1.10. The van der Waals surface area contributed by atoms with Crippen LogP contribution in [-0.2, 0) is 0 Å². The summed E-state index contributed by atoms with van der Waals surface area (Å²) in [5, 5.41) is 13.4. The Morgan fingerprint density at radius 1 is 1.19 bits per heavy atom. The molecule has 0 spiro atoms.